The molecule has 28 heavy (non-hydrogen) atoms. The molecule has 2 amide bonds. The van der Waals surface area contributed by atoms with Crippen LogP contribution in [0.25, 0.3) is 0 Å². The van der Waals surface area contributed by atoms with Gasteiger partial charge in [-0.1, -0.05) is 13.5 Å². The first-order valence-corrected chi connectivity index (χ1v) is 10.0. The largest absolute Gasteiger partial charge is 0.328 e. The Bertz CT molecular complexity index is 813. The Labute approximate surface area is 166 Å². The van der Waals surface area contributed by atoms with E-state index in [9.17, 15) is 14.4 Å². The van der Waals surface area contributed by atoms with Gasteiger partial charge < -0.3 is 15.0 Å². The van der Waals surface area contributed by atoms with Gasteiger partial charge in [0.25, 0.3) is 5.91 Å². The standard InChI is InChI=1S/C22H29N3O3/c1-5-24-16(4)25(13-17-6-7-17)22(28)19-12-18(8-9-20(19)24)23-21(27)11-14(2)10-15(3)26/h8-9,12,14,17H,4-7,10-11,13H2,1-3H3,(H,23,27). The van der Waals surface area contributed by atoms with Gasteiger partial charge in [-0.05, 0) is 56.7 Å². The van der Waals surface area contributed by atoms with E-state index in [-0.39, 0.29) is 29.9 Å². The summed E-state index contributed by atoms with van der Waals surface area (Å²) < 4.78 is 0. The first-order chi connectivity index (χ1) is 13.3. The smallest absolute Gasteiger partial charge is 0.261 e. The number of Topliss-reactive ketones (excluding diaryl/α,β-unsaturated/α-hetero) is 1. The fourth-order valence-corrected chi connectivity index (χ4v) is 3.76. The van der Waals surface area contributed by atoms with E-state index in [2.05, 4.69) is 11.9 Å². The van der Waals surface area contributed by atoms with E-state index >= 15 is 0 Å². The summed E-state index contributed by atoms with van der Waals surface area (Å²) in [6.07, 6.45) is 2.98. The van der Waals surface area contributed by atoms with Gasteiger partial charge in [-0.15, -0.1) is 0 Å². The van der Waals surface area contributed by atoms with Crippen LogP contribution in [-0.2, 0) is 9.59 Å². The number of hydrogen-bond acceptors (Lipinski definition) is 4. The van der Waals surface area contributed by atoms with Gasteiger partial charge in [0, 0.05) is 31.6 Å². The van der Waals surface area contributed by atoms with Crippen LogP contribution < -0.4 is 10.2 Å². The van der Waals surface area contributed by atoms with E-state index in [0.29, 0.717) is 36.7 Å². The summed E-state index contributed by atoms with van der Waals surface area (Å²) in [5.41, 5.74) is 2.01. The average molecular weight is 383 g/mol. The predicted octanol–water partition coefficient (Wildman–Crippen LogP) is 3.79. The van der Waals surface area contributed by atoms with E-state index in [1.807, 2.05) is 30.9 Å². The van der Waals surface area contributed by atoms with Gasteiger partial charge in [-0.25, -0.2) is 0 Å². The molecule has 1 N–H and O–H groups in total. The molecule has 1 heterocycles. The lowest BCUT2D eigenvalue weighted by atomic mass is 10.0. The molecule has 1 saturated carbocycles. The molecule has 1 atom stereocenters. The number of carbonyl (C=O) groups is 3. The lowest BCUT2D eigenvalue weighted by molar-refractivity contribution is -0.119. The Morgan fingerprint density at radius 1 is 1.25 bits per heavy atom. The highest BCUT2D eigenvalue weighted by atomic mass is 16.2. The van der Waals surface area contributed by atoms with Gasteiger partial charge in [-0.2, -0.15) is 0 Å². The Morgan fingerprint density at radius 2 is 1.96 bits per heavy atom. The maximum absolute atomic E-state index is 13.1. The quantitative estimate of drug-likeness (QED) is 0.741. The third-order valence-corrected chi connectivity index (χ3v) is 5.29. The number of amides is 2. The van der Waals surface area contributed by atoms with Crippen molar-refractivity contribution in [3.63, 3.8) is 0 Å². The number of carbonyl (C=O) groups excluding carboxylic acids is 3. The molecule has 2 aliphatic rings. The van der Waals surface area contributed by atoms with Crippen LogP contribution in [0.5, 0.6) is 0 Å². The summed E-state index contributed by atoms with van der Waals surface area (Å²) in [5.74, 6) is 1.15. The number of nitrogens with zero attached hydrogens (tertiary/aromatic N) is 2. The third-order valence-electron chi connectivity index (χ3n) is 5.29. The highest BCUT2D eigenvalue weighted by molar-refractivity contribution is 6.05. The van der Waals surface area contributed by atoms with Crippen LogP contribution in [0.3, 0.4) is 0 Å². The molecule has 6 heteroatoms. The molecule has 1 aromatic carbocycles. The minimum atomic E-state index is -0.149. The Hall–Kier alpha value is -2.63. The van der Waals surface area contributed by atoms with Crippen molar-refractivity contribution in [2.24, 2.45) is 11.8 Å². The Kier molecular flexibility index (Phi) is 5.87. The minimum Gasteiger partial charge on any atom is -0.328 e. The molecule has 6 nitrogen and oxygen atoms in total. The van der Waals surface area contributed by atoms with E-state index < -0.39 is 0 Å². The molecule has 0 spiro atoms. The van der Waals surface area contributed by atoms with Crippen molar-refractivity contribution in [3.05, 3.63) is 36.2 Å². The molecule has 3 rings (SSSR count). The molecular formula is C22H29N3O3. The molecule has 150 valence electrons. The van der Waals surface area contributed by atoms with Crippen molar-refractivity contribution in [1.29, 1.82) is 0 Å². The third kappa shape index (κ3) is 4.43. The van der Waals surface area contributed by atoms with Crippen LogP contribution in [-0.4, -0.2) is 35.6 Å². The predicted molar refractivity (Wildman–Crippen MR) is 110 cm³/mol. The first kappa shape index (κ1) is 20.1. The van der Waals surface area contributed by atoms with Gasteiger partial charge in [0.15, 0.2) is 0 Å². The second-order valence-electron chi connectivity index (χ2n) is 8.02. The lowest BCUT2D eigenvalue weighted by Crippen LogP contribution is -2.45. The SMILES string of the molecule is C=C1N(CC2CC2)C(=O)c2cc(NC(=O)CC(C)CC(C)=O)ccc2N1CC. The topological polar surface area (TPSA) is 69.7 Å². The van der Waals surface area contributed by atoms with E-state index in [1.165, 1.54) is 6.92 Å². The van der Waals surface area contributed by atoms with Gasteiger partial charge in [-0.3, -0.25) is 14.5 Å². The second kappa shape index (κ2) is 8.17. The number of nitrogens with one attached hydrogen (secondary N) is 1. The summed E-state index contributed by atoms with van der Waals surface area (Å²) in [6.45, 7) is 11.0. The number of anilines is 2. The van der Waals surface area contributed by atoms with Crippen molar-refractivity contribution in [2.45, 2.75) is 46.5 Å². The Balaban J connectivity index is 1.77. The highest BCUT2D eigenvalue weighted by Crippen LogP contribution is 2.37. The number of ketones is 1. The monoisotopic (exact) mass is 383 g/mol. The summed E-state index contributed by atoms with van der Waals surface area (Å²) in [5, 5.41) is 2.87. The molecule has 1 aliphatic carbocycles. The minimum absolute atomic E-state index is 0.00954. The van der Waals surface area contributed by atoms with Crippen molar-refractivity contribution in [2.75, 3.05) is 23.3 Å². The summed E-state index contributed by atoms with van der Waals surface area (Å²) in [4.78, 5) is 40.4. The van der Waals surface area contributed by atoms with Crippen LogP contribution in [0, 0.1) is 11.8 Å². The zero-order chi connectivity index (χ0) is 20.4. The molecule has 1 fully saturated rings. The summed E-state index contributed by atoms with van der Waals surface area (Å²) in [7, 11) is 0. The molecule has 0 radical (unpaired) electrons. The number of fused-ring (bicyclic) bond motifs is 1. The molecule has 0 aromatic heterocycles. The van der Waals surface area contributed by atoms with E-state index in [1.54, 1.807) is 11.0 Å². The molecule has 1 aromatic rings. The first-order valence-electron chi connectivity index (χ1n) is 10.0. The number of benzene rings is 1. The molecular weight excluding hydrogens is 354 g/mol. The number of rotatable bonds is 8. The van der Waals surface area contributed by atoms with Gasteiger partial charge in [0.2, 0.25) is 5.91 Å². The molecule has 1 unspecified atom stereocenters. The van der Waals surface area contributed by atoms with Gasteiger partial charge in [0.1, 0.15) is 11.6 Å². The van der Waals surface area contributed by atoms with Crippen LogP contribution in [0.4, 0.5) is 11.4 Å². The maximum atomic E-state index is 13.1. The van der Waals surface area contributed by atoms with Crippen LogP contribution in [0.1, 0.15) is 56.8 Å². The van der Waals surface area contributed by atoms with E-state index in [4.69, 9.17) is 0 Å². The van der Waals surface area contributed by atoms with Crippen LogP contribution >= 0.6 is 0 Å². The average Bonchev–Trinajstić information content (AvgIpc) is 3.42. The van der Waals surface area contributed by atoms with Crippen LogP contribution in [0.2, 0.25) is 0 Å². The molecule has 0 saturated heterocycles. The fraction of sp³-hybridized carbons (Fsp3) is 0.500. The molecule has 0 bridgehead atoms. The van der Waals surface area contributed by atoms with Crippen molar-refractivity contribution in [3.8, 4) is 0 Å². The highest BCUT2D eigenvalue weighted by Gasteiger charge is 2.35. The zero-order valence-corrected chi connectivity index (χ0v) is 17.0. The lowest BCUT2D eigenvalue weighted by Gasteiger charge is -2.39. The normalized spacial score (nSPS) is 17.4. The molecule has 1 aliphatic heterocycles. The fourth-order valence-electron chi connectivity index (χ4n) is 3.76. The number of hydrogen-bond donors (Lipinski definition) is 1. The van der Waals surface area contributed by atoms with E-state index in [0.717, 1.165) is 24.4 Å². The summed E-state index contributed by atoms with van der Waals surface area (Å²) in [6, 6.07) is 5.43. The van der Waals surface area contributed by atoms with Gasteiger partial charge in [0.05, 0.1) is 11.3 Å². The van der Waals surface area contributed by atoms with Crippen molar-refractivity contribution in [1.82, 2.24) is 4.90 Å². The Morgan fingerprint density at radius 3 is 2.57 bits per heavy atom. The van der Waals surface area contributed by atoms with Crippen molar-refractivity contribution >= 4 is 29.0 Å². The second-order valence-corrected chi connectivity index (χ2v) is 8.02. The summed E-state index contributed by atoms with van der Waals surface area (Å²) >= 11 is 0. The van der Waals surface area contributed by atoms with Crippen molar-refractivity contribution < 1.29 is 14.4 Å². The van der Waals surface area contributed by atoms with Gasteiger partial charge >= 0.3 is 0 Å². The maximum Gasteiger partial charge on any atom is 0.261 e. The van der Waals surface area contributed by atoms with Crippen LogP contribution in [0.15, 0.2) is 30.6 Å². The zero-order valence-electron chi connectivity index (χ0n) is 17.0.